The van der Waals surface area contributed by atoms with Gasteiger partial charge in [0.05, 0.1) is 0 Å². The first-order valence-electron chi connectivity index (χ1n) is 6.48. The minimum Gasteiger partial charge on any atom is -0.485 e. The summed E-state index contributed by atoms with van der Waals surface area (Å²) in [4.78, 5) is 16.4. The normalized spacial score (nSPS) is 10.5. The molecular weight excluding hydrogens is 286 g/mol. The number of carbonyl (C=O) groups is 1. The lowest BCUT2D eigenvalue weighted by molar-refractivity contribution is 0.0923. The van der Waals surface area contributed by atoms with Crippen molar-refractivity contribution in [2.45, 2.75) is 0 Å². The van der Waals surface area contributed by atoms with E-state index in [4.69, 9.17) is 16.3 Å². The van der Waals surface area contributed by atoms with Gasteiger partial charge in [-0.15, -0.1) is 0 Å². The Morgan fingerprint density at radius 1 is 1.05 bits per heavy atom. The zero-order chi connectivity index (χ0) is 14.7. The van der Waals surface area contributed by atoms with Gasteiger partial charge in [0.25, 0.3) is 0 Å². The summed E-state index contributed by atoms with van der Waals surface area (Å²) in [5.41, 5.74) is 0.571. The van der Waals surface area contributed by atoms with Gasteiger partial charge in [-0.25, -0.2) is 0 Å². The Bertz CT molecular complexity index is 779. The molecule has 2 aromatic carbocycles. The average Bonchev–Trinajstić information content (AvgIpc) is 2.53. The molecule has 0 aliphatic heterocycles. The molecule has 3 rings (SSSR count). The summed E-state index contributed by atoms with van der Waals surface area (Å²) in [7, 11) is 0. The van der Waals surface area contributed by atoms with Crippen LogP contribution in [0.2, 0.25) is 5.02 Å². The van der Waals surface area contributed by atoms with E-state index in [1.54, 1.807) is 36.7 Å². The molecule has 4 heteroatoms. The summed E-state index contributed by atoms with van der Waals surface area (Å²) in [5, 5.41) is 2.46. The first-order chi connectivity index (χ1) is 10.2. The molecule has 0 unspecified atom stereocenters. The molecule has 104 valence electrons. The Morgan fingerprint density at radius 3 is 2.62 bits per heavy atom. The van der Waals surface area contributed by atoms with Gasteiger partial charge in [-0.05, 0) is 29.7 Å². The van der Waals surface area contributed by atoms with Crippen molar-refractivity contribution in [1.82, 2.24) is 4.98 Å². The maximum absolute atomic E-state index is 12.3. The van der Waals surface area contributed by atoms with E-state index < -0.39 is 0 Å². The first-order valence-corrected chi connectivity index (χ1v) is 6.86. The first kappa shape index (κ1) is 13.6. The van der Waals surface area contributed by atoms with Crippen LogP contribution in [0.1, 0.15) is 10.4 Å². The number of halogens is 1. The van der Waals surface area contributed by atoms with Gasteiger partial charge in [-0.3, -0.25) is 9.78 Å². The van der Waals surface area contributed by atoms with Gasteiger partial charge in [0.2, 0.25) is 5.78 Å². The van der Waals surface area contributed by atoms with Gasteiger partial charge in [0.1, 0.15) is 5.75 Å². The highest BCUT2D eigenvalue weighted by molar-refractivity contribution is 6.30. The quantitative estimate of drug-likeness (QED) is 0.679. The zero-order valence-corrected chi connectivity index (χ0v) is 11.9. The number of pyridine rings is 1. The highest BCUT2D eigenvalue weighted by atomic mass is 35.5. The van der Waals surface area contributed by atoms with Crippen molar-refractivity contribution < 1.29 is 9.53 Å². The van der Waals surface area contributed by atoms with Crippen molar-refractivity contribution in [3.8, 4) is 5.75 Å². The number of benzene rings is 2. The summed E-state index contributed by atoms with van der Waals surface area (Å²) < 4.78 is 5.49. The lowest BCUT2D eigenvalue weighted by Crippen LogP contribution is -2.12. The molecule has 3 nitrogen and oxygen atoms in total. The predicted octanol–water partition coefficient (Wildman–Crippen LogP) is 4.15. The van der Waals surface area contributed by atoms with Crippen LogP contribution in [0.4, 0.5) is 0 Å². The minimum absolute atomic E-state index is 0.0304. The monoisotopic (exact) mass is 297 g/mol. The highest BCUT2D eigenvalue weighted by Gasteiger charge is 2.11. The molecule has 0 N–H and O–H groups in total. The van der Waals surface area contributed by atoms with E-state index in [0.717, 1.165) is 10.8 Å². The predicted molar refractivity (Wildman–Crippen MR) is 83.0 cm³/mol. The summed E-state index contributed by atoms with van der Waals surface area (Å²) in [6.07, 6.45) is 3.32. The van der Waals surface area contributed by atoms with E-state index in [9.17, 15) is 4.79 Å². The topological polar surface area (TPSA) is 39.2 Å². The molecule has 1 heterocycles. The summed E-state index contributed by atoms with van der Waals surface area (Å²) in [5.74, 6) is 0.509. The standard InChI is InChI=1S/C17H12ClNO2/c18-13-5-7-14(8-6-13)21-11-17(20)16-10-19-9-12-3-1-2-4-15(12)16/h1-10H,11H2. The Kier molecular flexibility index (Phi) is 3.84. The maximum atomic E-state index is 12.3. The molecule has 1 aromatic heterocycles. The number of aromatic nitrogens is 1. The molecule has 21 heavy (non-hydrogen) atoms. The summed E-state index contributed by atoms with van der Waals surface area (Å²) >= 11 is 5.80. The van der Waals surface area contributed by atoms with Crippen molar-refractivity contribution in [2.24, 2.45) is 0 Å². The van der Waals surface area contributed by atoms with Crippen LogP contribution in [0, 0.1) is 0 Å². The van der Waals surface area contributed by atoms with E-state index >= 15 is 0 Å². The van der Waals surface area contributed by atoms with E-state index in [0.29, 0.717) is 16.3 Å². The number of nitrogens with zero attached hydrogens (tertiary/aromatic N) is 1. The molecule has 0 amide bonds. The third-order valence-corrected chi connectivity index (χ3v) is 3.40. The molecule has 0 bridgehead atoms. The molecule has 0 fully saturated rings. The van der Waals surface area contributed by atoms with E-state index in [2.05, 4.69) is 4.98 Å². The summed E-state index contributed by atoms with van der Waals surface area (Å²) in [6, 6.07) is 14.6. The summed E-state index contributed by atoms with van der Waals surface area (Å²) in [6.45, 7) is -0.0304. The van der Waals surface area contributed by atoms with Gasteiger partial charge >= 0.3 is 0 Å². The van der Waals surface area contributed by atoms with Gasteiger partial charge in [0.15, 0.2) is 6.61 Å². The number of carbonyl (C=O) groups excluding carboxylic acids is 1. The van der Waals surface area contributed by atoms with Gasteiger partial charge < -0.3 is 4.74 Å². The van der Waals surface area contributed by atoms with Crippen molar-refractivity contribution >= 4 is 28.2 Å². The molecule has 0 aliphatic rings. The molecule has 0 radical (unpaired) electrons. The van der Waals surface area contributed by atoms with Crippen LogP contribution in [0.5, 0.6) is 5.75 Å². The van der Waals surface area contributed by atoms with Crippen LogP contribution < -0.4 is 4.74 Å². The largest absolute Gasteiger partial charge is 0.485 e. The molecular formula is C17H12ClNO2. The van der Waals surface area contributed by atoms with Gasteiger partial charge in [0, 0.05) is 28.4 Å². The fourth-order valence-electron chi connectivity index (χ4n) is 2.10. The minimum atomic E-state index is -0.103. The third-order valence-electron chi connectivity index (χ3n) is 3.15. The van der Waals surface area contributed by atoms with Crippen LogP contribution in [0.25, 0.3) is 10.8 Å². The van der Waals surface area contributed by atoms with Crippen molar-refractivity contribution in [3.63, 3.8) is 0 Å². The highest BCUT2D eigenvalue weighted by Crippen LogP contribution is 2.19. The van der Waals surface area contributed by atoms with Crippen LogP contribution in [-0.2, 0) is 0 Å². The number of rotatable bonds is 4. The second kappa shape index (κ2) is 5.94. The van der Waals surface area contributed by atoms with E-state index in [-0.39, 0.29) is 12.4 Å². The number of fused-ring (bicyclic) bond motifs is 1. The average molecular weight is 298 g/mol. The molecule has 0 aliphatic carbocycles. The van der Waals surface area contributed by atoms with Gasteiger partial charge in [-0.1, -0.05) is 35.9 Å². The fraction of sp³-hybridized carbons (Fsp3) is 0.0588. The number of hydrogen-bond acceptors (Lipinski definition) is 3. The second-order valence-corrected chi connectivity index (χ2v) is 5.01. The SMILES string of the molecule is O=C(COc1ccc(Cl)cc1)c1cncc2ccccc12. The smallest absolute Gasteiger partial charge is 0.202 e. The second-order valence-electron chi connectivity index (χ2n) is 4.57. The Balaban J connectivity index is 1.79. The number of ketones is 1. The maximum Gasteiger partial charge on any atom is 0.202 e. The Hall–Kier alpha value is -2.39. The van der Waals surface area contributed by atoms with Crippen LogP contribution >= 0.6 is 11.6 Å². The van der Waals surface area contributed by atoms with E-state index in [1.807, 2.05) is 24.3 Å². The number of ether oxygens (including phenoxy) is 1. The fourth-order valence-corrected chi connectivity index (χ4v) is 2.22. The number of Topliss-reactive ketones (excluding diaryl/α,β-unsaturated/α-hetero) is 1. The van der Waals surface area contributed by atoms with Crippen molar-refractivity contribution in [1.29, 1.82) is 0 Å². The van der Waals surface area contributed by atoms with Crippen molar-refractivity contribution in [3.05, 3.63) is 71.5 Å². The lowest BCUT2D eigenvalue weighted by atomic mass is 10.1. The van der Waals surface area contributed by atoms with E-state index in [1.165, 1.54) is 0 Å². The third kappa shape index (κ3) is 3.03. The van der Waals surface area contributed by atoms with Crippen LogP contribution in [-0.4, -0.2) is 17.4 Å². The Labute approximate surface area is 127 Å². The zero-order valence-electron chi connectivity index (χ0n) is 11.1. The van der Waals surface area contributed by atoms with Crippen molar-refractivity contribution in [2.75, 3.05) is 6.61 Å². The molecule has 0 saturated carbocycles. The lowest BCUT2D eigenvalue weighted by Gasteiger charge is -2.07. The molecule has 0 saturated heterocycles. The number of hydrogen-bond donors (Lipinski definition) is 0. The van der Waals surface area contributed by atoms with Crippen LogP contribution in [0.15, 0.2) is 60.9 Å². The molecule has 3 aromatic rings. The molecule has 0 spiro atoms. The Morgan fingerprint density at radius 2 is 1.81 bits per heavy atom. The van der Waals surface area contributed by atoms with Gasteiger partial charge in [-0.2, -0.15) is 0 Å². The van der Waals surface area contributed by atoms with Crippen LogP contribution in [0.3, 0.4) is 0 Å². The molecule has 0 atom stereocenters.